The fourth-order valence-electron chi connectivity index (χ4n) is 2.51. The highest BCUT2D eigenvalue weighted by molar-refractivity contribution is 6.39. The zero-order chi connectivity index (χ0) is 16.1. The topological polar surface area (TPSA) is 78.4 Å². The molecule has 1 saturated carbocycles. The van der Waals surface area contributed by atoms with Crippen LogP contribution in [0.4, 0.5) is 14.5 Å². The van der Waals surface area contributed by atoms with Crippen LogP contribution in [0.5, 0.6) is 0 Å². The highest BCUT2D eigenvalue weighted by Gasteiger charge is 2.24. The second-order valence-corrected chi connectivity index (χ2v) is 5.38. The van der Waals surface area contributed by atoms with E-state index in [0.29, 0.717) is 6.42 Å². The molecule has 2 rings (SSSR count). The van der Waals surface area contributed by atoms with Gasteiger partial charge in [0.15, 0.2) is 11.6 Å². The molecule has 0 saturated heterocycles. The van der Waals surface area contributed by atoms with Crippen molar-refractivity contribution in [2.45, 2.75) is 31.8 Å². The van der Waals surface area contributed by atoms with Crippen molar-refractivity contribution in [1.29, 1.82) is 0 Å². The van der Waals surface area contributed by atoms with Crippen molar-refractivity contribution in [2.75, 3.05) is 11.9 Å². The molecule has 0 radical (unpaired) electrons. The Morgan fingerprint density at radius 2 is 1.91 bits per heavy atom. The molecule has 1 aromatic rings. The first-order chi connectivity index (χ1) is 10.5. The summed E-state index contributed by atoms with van der Waals surface area (Å²) in [4.78, 5) is 23.3. The molecule has 2 amide bonds. The largest absolute Gasteiger partial charge is 0.393 e. The standard InChI is InChI=1S/C15H18F2N2O3/c16-10-5-3-6-11(13(10)17)19-15(22)14(21)18-8-9-4-1-2-7-12(9)20/h3,5-6,9,12,20H,1-2,4,7-8H2,(H,18,21)(H,19,22)/t9-,12+/m1/s1. The summed E-state index contributed by atoms with van der Waals surface area (Å²) in [5.41, 5.74) is -0.391. The predicted molar refractivity (Wildman–Crippen MR) is 76.0 cm³/mol. The van der Waals surface area contributed by atoms with Gasteiger partial charge in [-0.05, 0) is 25.0 Å². The average molecular weight is 312 g/mol. The van der Waals surface area contributed by atoms with Crippen LogP contribution in [0.25, 0.3) is 0 Å². The SMILES string of the molecule is O=C(NC[C@H]1CCCC[C@@H]1O)C(=O)Nc1cccc(F)c1F. The minimum Gasteiger partial charge on any atom is -0.393 e. The molecule has 120 valence electrons. The minimum absolute atomic E-state index is 0.0867. The molecule has 0 aliphatic heterocycles. The van der Waals surface area contributed by atoms with Crippen molar-refractivity contribution in [2.24, 2.45) is 5.92 Å². The first-order valence-corrected chi connectivity index (χ1v) is 7.20. The third-order valence-corrected chi connectivity index (χ3v) is 3.80. The molecule has 0 spiro atoms. The molecule has 22 heavy (non-hydrogen) atoms. The number of aliphatic hydroxyl groups is 1. The lowest BCUT2D eigenvalue weighted by Crippen LogP contribution is -2.41. The number of halogens is 2. The first kappa shape index (κ1) is 16.4. The molecule has 1 fully saturated rings. The lowest BCUT2D eigenvalue weighted by Gasteiger charge is -2.27. The second-order valence-electron chi connectivity index (χ2n) is 5.38. The molecule has 1 aliphatic rings. The van der Waals surface area contributed by atoms with Gasteiger partial charge >= 0.3 is 11.8 Å². The molecule has 0 heterocycles. The maximum absolute atomic E-state index is 13.4. The summed E-state index contributed by atoms with van der Waals surface area (Å²) in [7, 11) is 0. The van der Waals surface area contributed by atoms with Crippen LogP contribution >= 0.6 is 0 Å². The molecule has 0 aromatic heterocycles. The third kappa shape index (κ3) is 4.00. The van der Waals surface area contributed by atoms with Gasteiger partial charge in [0.25, 0.3) is 0 Å². The number of aliphatic hydroxyl groups excluding tert-OH is 1. The summed E-state index contributed by atoms with van der Waals surface area (Å²) < 4.78 is 26.4. The number of rotatable bonds is 3. The lowest BCUT2D eigenvalue weighted by molar-refractivity contribution is -0.136. The van der Waals surface area contributed by atoms with Crippen LogP contribution in [0, 0.1) is 17.6 Å². The van der Waals surface area contributed by atoms with E-state index in [4.69, 9.17) is 0 Å². The van der Waals surface area contributed by atoms with Crippen molar-refractivity contribution < 1.29 is 23.5 Å². The predicted octanol–water partition coefficient (Wildman–Crippen LogP) is 1.57. The quantitative estimate of drug-likeness (QED) is 0.741. The van der Waals surface area contributed by atoms with Crippen LogP contribution in [0.3, 0.4) is 0 Å². The molecule has 0 unspecified atom stereocenters. The molecule has 0 bridgehead atoms. The Kier molecular flexibility index (Phi) is 5.43. The third-order valence-electron chi connectivity index (χ3n) is 3.80. The molecule has 1 aliphatic carbocycles. The van der Waals surface area contributed by atoms with Gasteiger partial charge < -0.3 is 15.7 Å². The monoisotopic (exact) mass is 312 g/mol. The normalized spacial score (nSPS) is 21.2. The molecule has 1 aromatic carbocycles. The zero-order valence-electron chi connectivity index (χ0n) is 11.9. The van der Waals surface area contributed by atoms with Gasteiger partial charge in [-0.15, -0.1) is 0 Å². The fourth-order valence-corrected chi connectivity index (χ4v) is 2.51. The Labute approximate surface area is 126 Å². The molecular formula is C15H18F2N2O3. The van der Waals surface area contributed by atoms with E-state index in [1.165, 1.54) is 6.07 Å². The summed E-state index contributed by atoms with van der Waals surface area (Å²) in [6.45, 7) is 0.180. The van der Waals surface area contributed by atoms with E-state index in [-0.39, 0.29) is 12.5 Å². The maximum atomic E-state index is 13.4. The Balaban J connectivity index is 1.87. The van der Waals surface area contributed by atoms with Crippen molar-refractivity contribution in [1.82, 2.24) is 5.32 Å². The van der Waals surface area contributed by atoms with Crippen LogP contribution in [-0.2, 0) is 9.59 Å². The number of carbonyl (C=O) groups excluding carboxylic acids is 2. The van der Waals surface area contributed by atoms with E-state index in [0.717, 1.165) is 31.4 Å². The number of carbonyl (C=O) groups is 2. The first-order valence-electron chi connectivity index (χ1n) is 7.20. The summed E-state index contributed by atoms with van der Waals surface area (Å²) >= 11 is 0. The van der Waals surface area contributed by atoms with Gasteiger partial charge in [0.05, 0.1) is 11.8 Å². The minimum atomic E-state index is -1.22. The number of benzene rings is 1. The van der Waals surface area contributed by atoms with Gasteiger partial charge in [-0.3, -0.25) is 9.59 Å². The van der Waals surface area contributed by atoms with Crippen LogP contribution in [-0.4, -0.2) is 29.6 Å². The number of anilines is 1. The van der Waals surface area contributed by atoms with E-state index in [1.807, 2.05) is 5.32 Å². The Bertz CT molecular complexity index is 566. The van der Waals surface area contributed by atoms with E-state index in [1.54, 1.807) is 0 Å². The van der Waals surface area contributed by atoms with Gasteiger partial charge in [0, 0.05) is 12.5 Å². The smallest absolute Gasteiger partial charge is 0.313 e. The summed E-state index contributed by atoms with van der Waals surface area (Å²) in [6, 6.07) is 3.30. The summed E-state index contributed by atoms with van der Waals surface area (Å²) in [5.74, 6) is -4.43. The van der Waals surface area contributed by atoms with E-state index < -0.39 is 35.2 Å². The van der Waals surface area contributed by atoms with Crippen LogP contribution < -0.4 is 10.6 Å². The Hall–Kier alpha value is -2.02. The van der Waals surface area contributed by atoms with Crippen molar-refractivity contribution >= 4 is 17.5 Å². The number of amides is 2. The Morgan fingerprint density at radius 1 is 1.18 bits per heavy atom. The zero-order valence-corrected chi connectivity index (χ0v) is 11.9. The molecule has 5 nitrogen and oxygen atoms in total. The van der Waals surface area contributed by atoms with Gasteiger partial charge in [-0.25, -0.2) is 8.78 Å². The van der Waals surface area contributed by atoms with E-state index in [9.17, 15) is 23.5 Å². The van der Waals surface area contributed by atoms with Crippen LogP contribution in [0.1, 0.15) is 25.7 Å². The van der Waals surface area contributed by atoms with Crippen molar-refractivity contribution in [3.8, 4) is 0 Å². The van der Waals surface area contributed by atoms with Crippen molar-refractivity contribution in [3.63, 3.8) is 0 Å². The average Bonchev–Trinajstić information content (AvgIpc) is 2.50. The van der Waals surface area contributed by atoms with Gasteiger partial charge in [0.1, 0.15) is 0 Å². The molecule has 2 atom stereocenters. The molecule has 3 N–H and O–H groups in total. The highest BCUT2D eigenvalue weighted by atomic mass is 19.2. The van der Waals surface area contributed by atoms with Gasteiger partial charge in [-0.1, -0.05) is 18.9 Å². The second kappa shape index (κ2) is 7.31. The Morgan fingerprint density at radius 3 is 2.64 bits per heavy atom. The number of hydrogen-bond acceptors (Lipinski definition) is 3. The van der Waals surface area contributed by atoms with Crippen LogP contribution in [0.15, 0.2) is 18.2 Å². The fraction of sp³-hybridized carbons (Fsp3) is 0.467. The van der Waals surface area contributed by atoms with E-state index >= 15 is 0 Å². The molecule has 7 heteroatoms. The number of hydrogen-bond donors (Lipinski definition) is 3. The van der Waals surface area contributed by atoms with Gasteiger partial charge in [-0.2, -0.15) is 0 Å². The lowest BCUT2D eigenvalue weighted by atomic mass is 9.86. The molecular weight excluding hydrogens is 294 g/mol. The van der Waals surface area contributed by atoms with Crippen LogP contribution in [0.2, 0.25) is 0 Å². The maximum Gasteiger partial charge on any atom is 0.313 e. The van der Waals surface area contributed by atoms with Gasteiger partial charge in [0.2, 0.25) is 0 Å². The van der Waals surface area contributed by atoms with Crippen molar-refractivity contribution in [3.05, 3.63) is 29.8 Å². The highest BCUT2D eigenvalue weighted by Crippen LogP contribution is 2.23. The van der Waals surface area contributed by atoms with E-state index in [2.05, 4.69) is 5.32 Å². The number of nitrogens with one attached hydrogen (secondary N) is 2. The summed E-state index contributed by atoms with van der Waals surface area (Å²) in [6.07, 6.45) is 2.89. The summed E-state index contributed by atoms with van der Waals surface area (Å²) in [5, 5.41) is 14.2.